The van der Waals surface area contributed by atoms with Gasteiger partial charge < -0.3 is 14.6 Å². The molecule has 2 bridgehead atoms. The van der Waals surface area contributed by atoms with Crippen molar-refractivity contribution < 1.29 is 14.6 Å². The highest BCUT2D eigenvalue weighted by atomic mass is 16.5. The Morgan fingerprint density at radius 2 is 1.65 bits per heavy atom. The van der Waals surface area contributed by atoms with Crippen LogP contribution in [0.1, 0.15) is 29.4 Å². The zero-order valence-corrected chi connectivity index (χ0v) is 13.3. The van der Waals surface area contributed by atoms with Gasteiger partial charge in [0, 0.05) is 22.5 Å². The monoisotopic (exact) mass is 308 g/mol. The summed E-state index contributed by atoms with van der Waals surface area (Å²) in [7, 11) is 3.58. The number of rotatable bonds is 2. The fourth-order valence-electron chi connectivity index (χ4n) is 8.58. The minimum atomic E-state index is -0.261. The molecule has 1 aromatic carbocycles. The summed E-state index contributed by atoms with van der Waals surface area (Å²) in [6, 6.07) is 4.17. The maximum atomic E-state index is 10.3. The Balaban J connectivity index is 1.58. The van der Waals surface area contributed by atoms with Gasteiger partial charge in [-0.3, -0.25) is 0 Å². The predicted octanol–water partition coefficient (Wildman–Crippen LogP) is 2.70. The van der Waals surface area contributed by atoms with Gasteiger partial charge in [-0.2, -0.15) is 0 Å². The Bertz CT molecular complexity index is 828. The molecule has 8 rings (SSSR count). The van der Waals surface area contributed by atoms with Crippen molar-refractivity contribution in [1.29, 1.82) is 0 Å². The molecule has 0 aromatic heterocycles. The fourth-order valence-corrected chi connectivity index (χ4v) is 8.58. The van der Waals surface area contributed by atoms with Crippen LogP contribution in [0, 0.1) is 34.5 Å². The van der Waals surface area contributed by atoms with Gasteiger partial charge in [-0.05, 0) is 53.6 Å². The molecule has 23 heavy (non-hydrogen) atoms. The van der Waals surface area contributed by atoms with Gasteiger partial charge in [0.05, 0.1) is 20.3 Å². The van der Waals surface area contributed by atoms with Gasteiger partial charge in [-0.25, -0.2) is 0 Å². The maximum Gasteiger partial charge on any atom is 0.122 e. The lowest BCUT2D eigenvalue weighted by Crippen LogP contribution is -2.42. The second-order valence-corrected chi connectivity index (χ2v) is 8.57. The zero-order chi connectivity index (χ0) is 15.3. The quantitative estimate of drug-likeness (QED) is 0.854. The van der Waals surface area contributed by atoms with E-state index in [1.807, 2.05) is 0 Å². The third-order valence-electron chi connectivity index (χ3n) is 8.62. The van der Waals surface area contributed by atoms with E-state index in [0.29, 0.717) is 22.7 Å². The summed E-state index contributed by atoms with van der Waals surface area (Å²) in [5, 5.41) is 10.3. The van der Waals surface area contributed by atoms with Crippen molar-refractivity contribution in [2.24, 2.45) is 34.5 Å². The van der Waals surface area contributed by atoms with Crippen LogP contribution in [0.3, 0.4) is 0 Å². The molecule has 9 atom stereocenters. The number of hydrogen-bond acceptors (Lipinski definition) is 3. The van der Waals surface area contributed by atoms with E-state index in [2.05, 4.69) is 24.3 Å². The first-order valence-electron chi connectivity index (χ1n) is 8.84. The molecular weight excluding hydrogens is 288 g/mol. The maximum absolute atomic E-state index is 10.3. The normalized spacial score (nSPS) is 56.9. The molecular formula is C20H20O3. The summed E-state index contributed by atoms with van der Waals surface area (Å²) >= 11 is 0. The van der Waals surface area contributed by atoms with Crippen molar-refractivity contribution in [2.75, 3.05) is 14.2 Å². The lowest BCUT2D eigenvalue weighted by molar-refractivity contribution is 0.0875. The highest BCUT2D eigenvalue weighted by Gasteiger charge is 3.01. The van der Waals surface area contributed by atoms with Crippen molar-refractivity contribution in [3.05, 3.63) is 35.4 Å². The summed E-state index contributed by atoms with van der Waals surface area (Å²) < 4.78 is 11.5. The molecule has 118 valence electrons. The zero-order valence-electron chi connectivity index (χ0n) is 13.3. The molecule has 7 aliphatic rings. The lowest BCUT2D eigenvalue weighted by atomic mass is 9.53. The third kappa shape index (κ3) is 0.840. The molecule has 0 amide bonds. The Morgan fingerprint density at radius 1 is 1.00 bits per heavy atom. The van der Waals surface area contributed by atoms with Crippen molar-refractivity contribution >= 4 is 0 Å². The number of hydrogen-bond donors (Lipinski definition) is 1. The van der Waals surface area contributed by atoms with Crippen LogP contribution in [0.15, 0.2) is 24.3 Å². The second-order valence-electron chi connectivity index (χ2n) is 8.57. The van der Waals surface area contributed by atoms with E-state index in [4.69, 9.17) is 9.47 Å². The van der Waals surface area contributed by atoms with E-state index in [9.17, 15) is 5.11 Å². The number of methoxy groups -OCH3 is 2. The SMILES string of the molecule is COc1ccc(OC)c2c1[C@H]1[C@H]3[C@@H]4[C@@H]3[C@H]2[C@]23C[C@@H](O)C=C[C@@]12[C@@H]43. The number of ether oxygens (including phenoxy) is 2. The molecule has 0 radical (unpaired) electrons. The van der Waals surface area contributed by atoms with Gasteiger partial charge in [0.1, 0.15) is 11.5 Å². The lowest BCUT2D eigenvalue weighted by Gasteiger charge is -2.50. The van der Waals surface area contributed by atoms with E-state index < -0.39 is 0 Å². The van der Waals surface area contributed by atoms with Crippen molar-refractivity contribution in [3.8, 4) is 11.5 Å². The molecule has 4 saturated carbocycles. The summed E-state index contributed by atoms with van der Waals surface area (Å²) in [4.78, 5) is 0. The number of allylic oxidation sites excluding steroid dienone is 1. The standard InChI is InChI=1S/C20H20O3/c1-22-9-3-4-10(23-2)12-11(9)16-13-14-15(13)18-19(16)6-5-8(21)7-20(18,19)17(12)14/h3-6,8,13-18,21H,7H2,1-2H3/t8-,13+,14+,15+,16-,17-,18+,19-,20-/m0/s1. The molecule has 0 unspecified atom stereocenters. The first-order valence-corrected chi connectivity index (χ1v) is 8.84. The van der Waals surface area contributed by atoms with Crippen molar-refractivity contribution in [3.63, 3.8) is 0 Å². The molecule has 7 aliphatic carbocycles. The van der Waals surface area contributed by atoms with Crippen molar-refractivity contribution in [1.82, 2.24) is 0 Å². The smallest absolute Gasteiger partial charge is 0.122 e. The van der Waals surface area contributed by atoms with Gasteiger partial charge in [0.25, 0.3) is 0 Å². The van der Waals surface area contributed by atoms with Crippen LogP contribution in [-0.4, -0.2) is 25.4 Å². The highest BCUT2D eigenvalue weighted by molar-refractivity contribution is 5.70. The van der Waals surface area contributed by atoms with Crippen LogP contribution in [0.5, 0.6) is 11.5 Å². The Hall–Kier alpha value is -1.48. The molecule has 2 spiro atoms. The molecule has 0 aliphatic heterocycles. The van der Waals surface area contributed by atoms with E-state index in [1.165, 1.54) is 11.1 Å². The van der Waals surface area contributed by atoms with Crippen LogP contribution in [-0.2, 0) is 0 Å². The minimum Gasteiger partial charge on any atom is -0.496 e. The molecule has 1 aromatic rings. The van der Waals surface area contributed by atoms with Crippen LogP contribution in [0.25, 0.3) is 0 Å². The Kier molecular flexibility index (Phi) is 1.59. The van der Waals surface area contributed by atoms with Gasteiger partial charge in [0.15, 0.2) is 0 Å². The summed E-state index contributed by atoms with van der Waals surface area (Å²) in [5.41, 5.74) is 3.52. The van der Waals surface area contributed by atoms with Crippen LogP contribution in [0.2, 0.25) is 0 Å². The average Bonchev–Trinajstić information content (AvgIpc) is 3.36. The fraction of sp³-hybridized carbons (Fsp3) is 0.600. The minimum absolute atomic E-state index is 0.261. The highest BCUT2D eigenvalue weighted by Crippen LogP contribution is 3.06. The molecule has 4 fully saturated rings. The number of benzene rings is 1. The Labute approximate surface area is 135 Å². The molecule has 1 N–H and O–H groups in total. The van der Waals surface area contributed by atoms with Gasteiger partial charge in [-0.1, -0.05) is 12.2 Å². The van der Waals surface area contributed by atoms with E-state index in [1.54, 1.807) is 14.2 Å². The molecule has 3 nitrogen and oxygen atoms in total. The van der Waals surface area contributed by atoms with Crippen LogP contribution < -0.4 is 9.47 Å². The number of aliphatic hydroxyl groups is 1. The molecule has 0 heterocycles. The van der Waals surface area contributed by atoms with Gasteiger partial charge in [0.2, 0.25) is 0 Å². The van der Waals surface area contributed by atoms with Crippen molar-refractivity contribution in [2.45, 2.75) is 24.4 Å². The first kappa shape index (κ1) is 12.0. The number of aliphatic hydroxyl groups excluding tert-OH is 1. The van der Waals surface area contributed by atoms with Crippen LogP contribution in [0.4, 0.5) is 0 Å². The van der Waals surface area contributed by atoms with E-state index >= 15 is 0 Å². The predicted molar refractivity (Wildman–Crippen MR) is 83.6 cm³/mol. The summed E-state index contributed by atoms with van der Waals surface area (Å²) in [5.74, 6) is 6.66. The third-order valence-corrected chi connectivity index (χ3v) is 8.62. The van der Waals surface area contributed by atoms with Crippen LogP contribution >= 0.6 is 0 Å². The van der Waals surface area contributed by atoms with E-state index in [-0.39, 0.29) is 6.10 Å². The van der Waals surface area contributed by atoms with Gasteiger partial charge in [-0.15, -0.1) is 0 Å². The van der Waals surface area contributed by atoms with Gasteiger partial charge >= 0.3 is 0 Å². The summed E-state index contributed by atoms with van der Waals surface area (Å²) in [6.07, 6.45) is 5.18. The van der Waals surface area contributed by atoms with E-state index in [0.717, 1.165) is 41.6 Å². The Morgan fingerprint density at radius 3 is 2.35 bits per heavy atom. The topological polar surface area (TPSA) is 38.7 Å². The molecule has 0 saturated heterocycles. The largest absolute Gasteiger partial charge is 0.496 e. The first-order chi connectivity index (χ1) is 11.2. The second kappa shape index (κ2) is 3.06. The molecule has 3 heteroatoms. The summed E-state index contributed by atoms with van der Waals surface area (Å²) in [6.45, 7) is 0. The average molecular weight is 308 g/mol.